The van der Waals surface area contributed by atoms with Gasteiger partial charge in [0.2, 0.25) is 0 Å². The van der Waals surface area contributed by atoms with Crippen molar-refractivity contribution in [3.8, 4) is 5.75 Å². The third kappa shape index (κ3) is 6.39. The van der Waals surface area contributed by atoms with Crippen LogP contribution in [0.2, 0.25) is 0 Å². The standard InChI is InChI=1S/C19H23N3O6S/c1-3-28-19(24)21-12-11-20-18(23)14-7-6-8-15(13-14)29(25,26)22-16-9-4-5-10-17(16)27-2/h4-10,13,22H,3,11-12H2,1-2H3,(H,20,23)(H,21,24). The molecule has 0 aliphatic carbocycles. The normalized spacial score (nSPS) is 10.7. The van der Waals surface area contributed by atoms with Gasteiger partial charge in [-0.2, -0.15) is 0 Å². The van der Waals surface area contributed by atoms with E-state index in [0.29, 0.717) is 5.75 Å². The molecule has 3 N–H and O–H groups in total. The Morgan fingerprint density at radius 3 is 2.45 bits per heavy atom. The lowest BCUT2D eigenvalue weighted by Crippen LogP contribution is -2.35. The first-order valence-corrected chi connectivity index (χ1v) is 10.3. The molecule has 29 heavy (non-hydrogen) atoms. The van der Waals surface area contributed by atoms with E-state index in [1.807, 2.05) is 0 Å². The van der Waals surface area contributed by atoms with Crippen molar-refractivity contribution < 1.29 is 27.5 Å². The second-order valence-electron chi connectivity index (χ2n) is 5.74. The predicted molar refractivity (Wildman–Crippen MR) is 108 cm³/mol. The highest BCUT2D eigenvalue weighted by Gasteiger charge is 2.18. The van der Waals surface area contributed by atoms with Gasteiger partial charge in [-0.25, -0.2) is 13.2 Å². The molecule has 0 atom stereocenters. The molecule has 2 aromatic rings. The third-order valence-electron chi connectivity index (χ3n) is 3.71. The van der Waals surface area contributed by atoms with Crippen LogP contribution in [-0.2, 0) is 14.8 Å². The van der Waals surface area contributed by atoms with Crippen LogP contribution >= 0.6 is 0 Å². The van der Waals surface area contributed by atoms with E-state index in [0.717, 1.165) is 0 Å². The van der Waals surface area contributed by atoms with Gasteiger partial charge in [0.1, 0.15) is 5.75 Å². The van der Waals surface area contributed by atoms with Crippen molar-refractivity contribution in [3.05, 3.63) is 54.1 Å². The number of anilines is 1. The average molecular weight is 421 g/mol. The molecule has 0 radical (unpaired) electrons. The molecule has 0 saturated carbocycles. The van der Waals surface area contributed by atoms with Crippen molar-refractivity contribution in [3.63, 3.8) is 0 Å². The van der Waals surface area contributed by atoms with Gasteiger partial charge in [-0.15, -0.1) is 0 Å². The number of para-hydroxylation sites is 2. The SMILES string of the molecule is CCOC(=O)NCCNC(=O)c1cccc(S(=O)(=O)Nc2ccccc2OC)c1. The van der Waals surface area contributed by atoms with Crippen molar-refractivity contribution in [2.24, 2.45) is 0 Å². The van der Waals surface area contributed by atoms with Gasteiger partial charge in [0.25, 0.3) is 15.9 Å². The molecule has 0 heterocycles. The van der Waals surface area contributed by atoms with E-state index in [4.69, 9.17) is 9.47 Å². The Morgan fingerprint density at radius 2 is 1.72 bits per heavy atom. The van der Waals surface area contributed by atoms with Crippen molar-refractivity contribution in [1.82, 2.24) is 10.6 Å². The number of benzene rings is 2. The third-order valence-corrected chi connectivity index (χ3v) is 5.08. The molecule has 0 aromatic heterocycles. The zero-order valence-electron chi connectivity index (χ0n) is 16.1. The predicted octanol–water partition coefficient (Wildman–Crippen LogP) is 1.97. The molecular weight excluding hydrogens is 398 g/mol. The lowest BCUT2D eigenvalue weighted by molar-refractivity contribution is 0.0952. The first kappa shape index (κ1) is 22.0. The van der Waals surface area contributed by atoms with E-state index in [1.165, 1.54) is 31.4 Å². The van der Waals surface area contributed by atoms with Gasteiger partial charge >= 0.3 is 6.09 Å². The second kappa shape index (κ2) is 10.3. The van der Waals surface area contributed by atoms with Crippen LogP contribution in [0.25, 0.3) is 0 Å². The molecular formula is C19H23N3O6S. The fraction of sp³-hybridized carbons (Fsp3) is 0.263. The number of hydrogen-bond acceptors (Lipinski definition) is 6. The van der Waals surface area contributed by atoms with Crippen LogP contribution in [0.5, 0.6) is 5.75 Å². The van der Waals surface area contributed by atoms with Crippen molar-refractivity contribution in [2.45, 2.75) is 11.8 Å². The fourth-order valence-electron chi connectivity index (χ4n) is 2.36. The van der Waals surface area contributed by atoms with Gasteiger partial charge in [0.15, 0.2) is 0 Å². The number of carbonyl (C=O) groups excluding carboxylic acids is 2. The second-order valence-corrected chi connectivity index (χ2v) is 7.42. The Kier molecular flexibility index (Phi) is 7.84. The highest BCUT2D eigenvalue weighted by molar-refractivity contribution is 7.92. The highest BCUT2D eigenvalue weighted by Crippen LogP contribution is 2.26. The van der Waals surface area contributed by atoms with Crippen LogP contribution in [-0.4, -0.2) is 47.2 Å². The molecule has 2 rings (SSSR count). The summed E-state index contributed by atoms with van der Waals surface area (Å²) in [6.07, 6.45) is -0.572. The molecule has 0 aliphatic heterocycles. The number of hydrogen-bond donors (Lipinski definition) is 3. The smallest absolute Gasteiger partial charge is 0.407 e. The number of carbonyl (C=O) groups is 2. The number of sulfonamides is 1. The highest BCUT2D eigenvalue weighted by atomic mass is 32.2. The molecule has 9 nitrogen and oxygen atoms in total. The number of nitrogens with one attached hydrogen (secondary N) is 3. The summed E-state index contributed by atoms with van der Waals surface area (Å²) < 4.78 is 37.7. The maximum Gasteiger partial charge on any atom is 0.407 e. The summed E-state index contributed by atoms with van der Waals surface area (Å²) >= 11 is 0. The summed E-state index contributed by atoms with van der Waals surface area (Å²) in [6, 6.07) is 12.2. The van der Waals surface area contributed by atoms with Crippen molar-refractivity contribution >= 4 is 27.7 Å². The molecule has 0 saturated heterocycles. The molecule has 0 unspecified atom stereocenters. The summed E-state index contributed by atoms with van der Waals surface area (Å²) in [4.78, 5) is 23.4. The summed E-state index contributed by atoms with van der Waals surface area (Å²) in [5, 5.41) is 5.07. The zero-order chi connectivity index (χ0) is 21.3. The van der Waals surface area contributed by atoms with Gasteiger partial charge in [0.05, 0.1) is 24.3 Å². The zero-order valence-corrected chi connectivity index (χ0v) is 16.9. The maximum atomic E-state index is 12.7. The molecule has 10 heteroatoms. The topological polar surface area (TPSA) is 123 Å². The van der Waals surface area contributed by atoms with Gasteiger partial charge in [0, 0.05) is 18.7 Å². The lowest BCUT2D eigenvalue weighted by atomic mass is 10.2. The molecule has 0 fully saturated rings. The van der Waals surface area contributed by atoms with Crippen LogP contribution in [0.1, 0.15) is 17.3 Å². The summed E-state index contributed by atoms with van der Waals surface area (Å²) in [5.74, 6) is -0.0935. The Hall–Kier alpha value is -3.27. The number of amides is 2. The lowest BCUT2D eigenvalue weighted by Gasteiger charge is -2.12. The fourth-order valence-corrected chi connectivity index (χ4v) is 3.48. The quantitative estimate of drug-likeness (QED) is 0.532. The van der Waals surface area contributed by atoms with Crippen LogP contribution in [0.3, 0.4) is 0 Å². The van der Waals surface area contributed by atoms with E-state index in [2.05, 4.69) is 15.4 Å². The first-order chi connectivity index (χ1) is 13.9. The van der Waals surface area contributed by atoms with Crippen LogP contribution in [0.4, 0.5) is 10.5 Å². The Labute approximate surface area is 169 Å². The van der Waals surface area contributed by atoms with Gasteiger partial charge in [-0.05, 0) is 37.3 Å². The number of ether oxygens (including phenoxy) is 2. The van der Waals surface area contributed by atoms with E-state index < -0.39 is 22.0 Å². The minimum atomic E-state index is -3.93. The first-order valence-electron chi connectivity index (χ1n) is 8.82. The van der Waals surface area contributed by atoms with Crippen LogP contribution in [0.15, 0.2) is 53.4 Å². The summed E-state index contributed by atoms with van der Waals surface area (Å²) in [6.45, 7) is 2.28. The Balaban J connectivity index is 2.04. The largest absolute Gasteiger partial charge is 0.495 e. The minimum Gasteiger partial charge on any atom is -0.495 e. The van der Waals surface area contributed by atoms with Gasteiger partial charge < -0.3 is 20.1 Å². The van der Waals surface area contributed by atoms with E-state index >= 15 is 0 Å². The Morgan fingerprint density at radius 1 is 1.00 bits per heavy atom. The van der Waals surface area contributed by atoms with E-state index in [1.54, 1.807) is 31.2 Å². The van der Waals surface area contributed by atoms with Crippen molar-refractivity contribution in [1.29, 1.82) is 0 Å². The van der Waals surface area contributed by atoms with Crippen molar-refractivity contribution in [2.75, 3.05) is 31.5 Å². The molecule has 2 aromatic carbocycles. The van der Waals surface area contributed by atoms with E-state index in [-0.39, 0.29) is 35.8 Å². The number of alkyl carbamates (subject to hydrolysis) is 1. The summed E-state index contributed by atoms with van der Waals surface area (Å²) in [5.41, 5.74) is 0.457. The molecule has 2 amide bonds. The maximum absolute atomic E-state index is 12.7. The van der Waals surface area contributed by atoms with Crippen LogP contribution < -0.4 is 20.1 Å². The average Bonchev–Trinajstić information content (AvgIpc) is 2.71. The number of methoxy groups -OCH3 is 1. The van der Waals surface area contributed by atoms with Gasteiger partial charge in [-0.3, -0.25) is 9.52 Å². The Bertz CT molecular complexity index is 962. The summed E-state index contributed by atoms with van der Waals surface area (Å²) in [7, 11) is -2.49. The minimum absolute atomic E-state index is 0.0688. The number of rotatable bonds is 9. The van der Waals surface area contributed by atoms with Gasteiger partial charge in [-0.1, -0.05) is 18.2 Å². The molecule has 0 bridgehead atoms. The molecule has 156 valence electrons. The van der Waals surface area contributed by atoms with Crippen LogP contribution in [0, 0.1) is 0 Å². The molecule has 0 aliphatic rings. The monoisotopic (exact) mass is 421 g/mol. The molecule has 0 spiro atoms. The van der Waals surface area contributed by atoms with E-state index in [9.17, 15) is 18.0 Å².